The molecule has 9 heteroatoms. The molecule has 0 fully saturated rings. The topological polar surface area (TPSA) is 84.4 Å². The van der Waals surface area contributed by atoms with Crippen molar-refractivity contribution >= 4 is 63.4 Å². The van der Waals surface area contributed by atoms with Gasteiger partial charge in [0.1, 0.15) is 6.26 Å². The van der Waals surface area contributed by atoms with Gasteiger partial charge in [0.15, 0.2) is 5.75 Å². The Balaban J connectivity index is 2.21. The summed E-state index contributed by atoms with van der Waals surface area (Å²) in [7, 11) is 0. The van der Waals surface area contributed by atoms with Crippen molar-refractivity contribution in [3.05, 3.63) is 45.4 Å². The Morgan fingerprint density at radius 2 is 1.74 bits per heavy atom. The predicted molar refractivity (Wildman–Crippen MR) is 94.6 cm³/mol. The van der Waals surface area contributed by atoms with Crippen LogP contribution >= 0.6 is 34.8 Å². The highest BCUT2D eigenvalue weighted by molar-refractivity contribution is 7.91. The molecule has 122 valence electrons. The lowest BCUT2D eigenvalue weighted by Gasteiger charge is -2.14. The van der Waals surface area contributed by atoms with Crippen molar-refractivity contribution in [2.45, 2.75) is 4.90 Å². The highest BCUT2D eigenvalue weighted by Gasteiger charge is 2.21. The Kier molecular flexibility index (Phi) is 5.89. The van der Waals surface area contributed by atoms with E-state index in [1.54, 1.807) is 18.2 Å². The molecule has 2 aromatic rings. The largest absolute Gasteiger partial charge is 0.612 e. The molecule has 0 radical (unpaired) electrons. The van der Waals surface area contributed by atoms with Crippen LogP contribution < -0.4 is 10.6 Å². The van der Waals surface area contributed by atoms with Crippen molar-refractivity contribution < 1.29 is 14.5 Å². The first-order valence-electron chi connectivity index (χ1n) is 6.18. The molecule has 5 nitrogen and oxygen atoms in total. The third-order valence-corrected chi connectivity index (χ3v) is 5.05. The van der Waals surface area contributed by atoms with Crippen LogP contribution in [0.25, 0.3) is 0 Å². The molecule has 3 N–H and O–H groups in total. The number of hydrogen-bond acceptors (Lipinski definition) is 3. The van der Waals surface area contributed by atoms with E-state index in [4.69, 9.17) is 34.8 Å². The molecule has 0 saturated heterocycles. The summed E-state index contributed by atoms with van der Waals surface area (Å²) >= 11 is 16.2. The first-order valence-corrected chi connectivity index (χ1v) is 8.87. The first-order chi connectivity index (χ1) is 10.8. The van der Waals surface area contributed by atoms with E-state index in [-0.39, 0.29) is 26.4 Å². The number of carbonyl (C=O) groups is 1. The van der Waals surface area contributed by atoms with Crippen LogP contribution in [-0.4, -0.2) is 21.9 Å². The summed E-state index contributed by atoms with van der Waals surface area (Å²) in [5, 5.41) is 15.7. The smallest absolute Gasteiger partial charge is 0.323 e. The standard InChI is InChI=1S/C14H11Cl3N2O3S/c1-23(22)13-8(16)5-6-10(12(13)20)19-14(21)18-9-4-2-3-7(15)11(9)17/h2-6,20H,1H3,(H2,18,19,21). The zero-order valence-corrected chi connectivity index (χ0v) is 14.8. The molecule has 23 heavy (non-hydrogen) atoms. The number of benzene rings is 2. The summed E-state index contributed by atoms with van der Waals surface area (Å²) in [4.78, 5) is 12.1. The molecule has 0 aliphatic rings. The number of urea groups is 1. The normalized spacial score (nSPS) is 11.9. The Morgan fingerprint density at radius 1 is 1.09 bits per heavy atom. The van der Waals surface area contributed by atoms with E-state index in [0.717, 1.165) is 0 Å². The van der Waals surface area contributed by atoms with Crippen molar-refractivity contribution in [3.63, 3.8) is 0 Å². The van der Waals surface area contributed by atoms with Gasteiger partial charge in [-0.2, -0.15) is 0 Å². The third kappa shape index (κ3) is 4.16. The number of carbonyl (C=O) groups excluding carboxylic acids is 1. The maximum atomic E-state index is 12.0. The molecule has 1 atom stereocenters. The van der Waals surface area contributed by atoms with Crippen molar-refractivity contribution in [3.8, 4) is 5.75 Å². The van der Waals surface area contributed by atoms with Gasteiger partial charge in [0.2, 0.25) is 4.90 Å². The number of halogens is 3. The zero-order valence-electron chi connectivity index (χ0n) is 11.7. The number of phenolic OH excluding ortho intramolecular Hbond substituents is 1. The minimum atomic E-state index is -1.51. The molecule has 0 heterocycles. The molecule has 0 spiro atoms. The van der Waals surface area contributed by atoms with Crippen molar-refractivity contribution in [2.24, 2.45) is 0 Å². The molecule has 2 amide bonds. The van der Waals surface area contributed by atoms with E-state index in [1.165, 1.54) is 18.4 Å². The highest BCUT2D eigenvalue weighted by Crippen LogP contribution is 2.37. The van der Waals surface area contributed by atoms with Gasteiger partial charge in [-0.15, -0.1) is 0 Å². The van der Waals surface area contributed by atoms with E-state index in [1.807, 2.05) is 0 Å². The van der Waals surface area contributed by atoms with Gasteiger partial charge in [-0.1, -0.05) is 40.9 Å². The number of nitrogens with one attached hydrogen (secondary N) is 2. The van der Waals surface area contributed by atoms with Crippen LogP contribution in [0.3, 0.4) is 0 Å². The third-order valence-electron chi connectivity index (χ3n) is 2.82. The van der Waals surface area contributed by atoms with Gasteiger partial charge in [-0.05, 0) is 35.4 Å². The molecule has 0 saturated carbocycles. The molecular weight excluding hydrogens is 383 g/mol. The minimum absolute atomic E-state index is 0.0465. The van der Waals surface area contributed by atoms with Gasteiger partial charge in [0.25, 0.3) is 0 Å². The second-order valence-corrected chi connectivity index (χ2v) is 6.92. The van der Waals surface area contributed by atoms with Gasteiger partial charge >= 0.3 is 6.03 Å². The van der Waals surface area contributed by atoms with Crippen LogP contribution in [0, 0.1) is 0 Å². The number of rotatable bonds is 3. The molecular formula is C14H11Cl3N2O3S. The van der Waals surface area contributed by atoms with E-state index in [0.29, 0.717) is 10.7 Å². The Bertz CT molecular complexity index is 756. The van der Waals surface area contributed by atoms with Crippen LogP contribution in [-0.2, 0) is 11.2 Å². The summed E-state index contributed by atoms with van der Waals surface area (Å²) in [6.07, 6.45) is 1.37. The minimum Gasteiger partial charge on any atom is -0.612 e. The van der Waals surface area contributed by atoms with E-state index in [2.05, 4.69) is 10.6 Å². The quantitative estimate of drug-likeness (QED) is 0.520. The molecule has 2 rings (SSSR count). The van der Waals surface area contributed by atoms with E-state index in [9.17, 15) is 14.5 Å². The van der Waals surface area contributed by atoms with E-state index < -0.39 is 17.2 Å². The fraction of sp³-hybridized carbons (Fsp3) is 0.0714. The fourth-order valence-corrected chi connectivity index (χ4v) is 3.35. The molecule has 0 aliphatic carbocycles. The Labute approximate surface area is 150 Å². The lowest BCUT2D eigenvalue weighted by atomic mass is 10.3. The van der Waals surface area contributed by atoms with Gasteiger partial charge in [-0.3, -0.25) is 0 Å². The number of phenols is 1. The summed E-state index contributed by atoms with van der Waals surface area (Å²) < 4.78 is 11.6. The second kappa shape index (κ2) is 7.51. The Morgan fingerprint density at radius 3 is 2.39 bits per heavy atom. The highest BCUT2D eigenvalue weighted by atomic mass is 35.5. The maximum absolute atomic E-state index is 12.0. The van der Waals surface area contributed by atoms with Crippen molar-refractivity contribution in [2.75, 3.05) is 16.9 Å². The average molecular weight is 394 g/mol. The first kappa shape index (κ1) is 18.0. The van der Waals surface area contributed by atoms with Crippen molar-refractivity contribution in [1.29, 1.82) is 0 Å². The predicted octanol–water partition coefficient (Wildman–Crippen LogP) is 4.73. The molecule has 2 aromatic carbocycles. The lowest BCUT2D eigenvalue weighted by Crippen LogP contribution is -2.20. The van der Waals surface area contributed by atoms with Crippen molar-refractivity contribution in [1.82, 2.24) is 0 Å². The van der Waals surface area contributed by atoms with Crippen LogP contribution in [0.4, 0.5) is 16.2 Å². The number of amides is 2. The molecule has 0 bridgehead atoms. The monoisotopic (exact) mass is 392 g/mol. The summed E-state index contributed by atoms with van der Waals surface area (Å²) in [5.41, 5.74) is 0.375. The average Bonchev–Trinajstić information content (AvgIpc) is 2.47. The molecule has 1 unspecified atom stereocenters. The number of aromatic hydroxyl groups is 1. The van der Waals surface area contributed by atoms with Crippen LogP contribution in [0.15, 0.2) is 35.2 Å². The Hall–Kier alpha value is -1.31. The van der Waals surface area contributed by atoms with E-state index >= 15 is 0 Å². The summed E-state index contributed by atoms with van der Waals surface area (Å²) in [5.74, 6) is -0.356. The van der Waals surface area contributed by atoms with Gasteiger partial charge in [0.05, 0.1) is 26.4 Å². The van der Waals surface area contributed by atoms with Gasteiger partial charge < -0.3 is 20.3 Å². The summed E-state index contributed by atoms with van der Waals surface area (Å²) in [6.45, 7) is 0. The lowest BCUT2D eigenvalue weighted by molar-refractivity contribution is 0.262. The number of hydrogen-bond donors (Lipinski definition) is 3. The van der Waals surface area contributed by atoms with Crippen LogP contribution in [0.2, 0.25) is 15.1 Å². The molecule has 0 aromatic heterocycles. The second-order valence-electron chi connectivity index (χ2n) is 4.41. The van der Waals surface area contributed by atoms with Gasteiger partial charge in [-0.25, -0.2) is 4.79 Å². The summed E-state index contributed by atoms with van der Waals surface area (Å²) in [6, 6.07) is 6.96. The maximum Gasteiger partial charge on any atom is 0.323 e. The van der Waals surface area contributed by atoms with Gasteiger partial charge in [0, 0.05) is 0 Å². The number of anilines is 2. The van der Waals surface area contributed by atoms with Crippen LogP contribution in [0.5, 0.6) is 5.75 Å². The molecule has 0 aliphatic heterocycles. The fourth-order valence-electron chi connectivity index (χ4n) is 1.80. The SMILES string of the molecule is C[S+]([O-])c1c(Cl)ccc(NC(=O)Nc2cccc(Cl)c2Cl)c1O. The van der Waals surface area contributed by atoms with Crippen LogP contribution in [0.1, 0.15) is 0 Å². The zero-order chi connectivity index (χ0) is 17.1.